The lowest BCUT2D eigenvalue weighted by Gasteiger charge is -2.22. The lowest BCUT2D eigenvalue weighted by atomic mass is 10.3. The lowest BCUT2D eigenvalue weighted by Crippen LogP contribution is -2.37. The molecule has 19 heavy (non-hydrogen) atoms. The van der Waals surface area contributed by atoms with Gasteiger partial charge in [0.05, 0.1) is 18.0 Å². The summed E-state index contributed by atoms with van der Waals surface area (Å²) in [5, 5.41) is 0. The first-order valence-electron chi connectivity index (χ1n) is 5.82. The van der Waals surface area contributed by atoms with Crippen LogP contribution in [0.25, 0.3) is 0 Å². The van der Waals surface area contributed by atoms with Crippen LogP contribution in [0.5, 0.6) is 0 Å². The second-order valence-corrected chi connectivity index (χ2v) is 6.79. The van der Waals surface area contributed by atoms with E-state index in [1.54, 1.807) is 31.2 Å². The molecule has 0 aliphatic heterocycles. The predicted molar refractivity (Wildman–Crippen MR) is 77.6 cm³/mol. The van der Waals surface area contributed by atoms with Gasteiger partial charge in [0.15, 0.2) is 0 Å². The Morgan fingerprint density at radius 1 is 1.26 bits per heavy atom. The predicted octanol–water partition coefficient (Wildman–Crippen LogP) is 2.17. The van der Waals surface area contributed by atoms with Gasteiger partial charge < -0.3 is 4.74 Å². The molecule has 5 nitrogen and oxygen atoms in total. The number of halogens is 1. The average molecular weight is 350 g/mol. The van der Waals surface area contributed by atoms with Crippen LogP contribution < -0.4 is 4.31 Å². The number of carbonyl (C=O) groups excluding carboxylic acids is 1. The fraction of sp³-hybridized carbons (Fsp3) is 0.417. The third-order valence-electron chi connectivity index (χ3n) is 2.39. The van der Waals surface area contributed by atoms with Crippen molar-refractivity contribution < 1.29 is 17.9 Å². The van der Waals surface area contributed by atoms with Gasteiger partial charge in [0.25, 0.3) is 0 Å². The van der Waals surface area contributed by atoms with Crippen molar-refractivity contribution in [3.8, 4) is 0 Å². The van der Waals surface area contributed by atoms with Gasteiger partial charge in [-0.05, 0) is 38.1 Å². The Bertz CT molecular complexity index is 527. The molecule has 0 aromatic heterocycles. The maximum absolute atomic E-state index is 12.0. The Kier molecular flexibility index (Phi) is 5.81. The third kappa shape index (κ3) is 4.50. The molecule has 0 saturated heterocycles. The summed E-state index contributed by atoms with van der Waals surface area (Å²) in [4.78, 5) is 11.5. The van der Waals surface area contributed by atoms with Gasteiger partial charge in [-0.25, -0.2) is 8.42 Å². The van der Waals surface area contributed by atoms with Gasteiger partial charge in [0, 0.05) is 4.47 Å². The number of benzene rings is 1. The van der Waals surface area contributed by atoms with Gasteiger partial charge >= 0.3 is 5.97 Å². The van der Waals surface area contributed by atoms with Crippen molar-refractivity contribution in [1.82, 2.24) is 0 Å². The maximum atomic E-state index is 12.0. The smallest absolute Gasteiger partial charge is 0.326 e. The quantitative estimate of drug-likeness (QED) is 0.738. The molecule has 106 valence electrons. The largest absolute Gasteiger partial charge is 0.465 e. The Hall–Kier alpha value is -1.08. The summed E-state index contributed by atoms with van der Waals surface area (Å²) in [6, 6.07) is 6.71. The van der Waals surface area contributed by atoms with Crippen molar-refractivity contribution in [1.29, 1.82) is 0 Å². The molecule has 0 heterocycles. The van der Waals surface area contributed by atoms with Crippen molar-refractivity contribution in [2.24, 2.45) is 0 Å². The highest BCUT2D eigenvalue weighted by Crippen LogP contribution is 2.21. The van der Waals surface area contributed by atoms with Crippen molar-refractivity contribution in [3.63, 3.8) is 0 Å². The third-order valence-corrected chi connectivity index (χ3v) is 4.66. The number of ether oxygens (including phenoxy) is 1. The molecular formula is C12H16BrNO4S. The zero-order valence-corrected chi connectivity index (χ0v) is 13.2. The molecule has 1 rings (SSSR count). The highest BCUT2D eigenvalue weighted by molar-refractivity contribution is 9.10. The van der Waals surface area contributed by atoms with Crippen LogP contribution in [-0.4, -0.2) is 33.3 Å². The summed E-state index contributed by atoms with van der Waals surface area (Å²) in [6.07, 6.45) is 0. The number of nitrogens with zero attached hydrogens (tertiary/aromatic N) is 1. The molecule has 0 aliphatic carbocycles. The van der Waals surface area contributed by atoms with Crippen LogP contribution >= 0.6 is 15.9 Å². The minimum atomic E-state index is -3.52. The van der Waals surface area contributed by atoms with E-state index < -0.39 is 16.0 Å². The van der Waals surface area contributed by atoms with Crippen LogP contribution in [0, 0.1) is 0 Å². The van der Waals surface area contributed by atoms with Crippen molar-refractivity contribution in [2.45, 2.75) is 13.8 Å². The van der Waals surface area contributed by atoms with Gasteiger partial charge in [-0.15, -0.1) is 0 Å². The van der Waals surface area contributed by atoms with E-state index >= 15 is 0 Å². The Balaban J connectivity index is 3.06. The van der Waals surface area contributed by atoms with Gasteiger partial charge in [-0.1, -0.05) is 15.9 Å². The van der Waals surface area contributed by atoms with E-state index in [0.717, 1.165) is 8.78 Å². The molecular weight excluding hydrogens is 334 g/mol. The first kappa shape index (κ1) is 16.0. The Morgan fingerprint density at radius 2 is 1.84 bits per heavy atom. The van der Waals surface area contributed by atoms with Crippen LogP contribution in [0.4, 0.5) is 5.69 Å². The highest BCUT2D eigenvalue weighted by Gasteiger charge is 2.23. The number of sulfonamides is 1. The highest BCUT2D eigenvalue weighted by atomic mass is 79.9. The first-order valence-corrected chi connectivity index (χ1v) is 8.22. The molecule has 1 aromatic rings. The van der Waals surface area contributed by atoms with E-state index in [4.69, 9.17) is 4.74 Å². The van der Waals surface area contributed by atoms with E-state index in [1.165, 1.54) is 6.92 Å². The molecule has 0 aliphatic rings. The molecule has 1 aromatic carbocycles. The van der Waals surface area contributed by atoms with Crippen LogP contribution in [0.3, 0.4) is 0 Å². The SMILES string of the molecule is CCOC(=O)CN(c1ccc(Br)cc1)S(=O)(=O)CC. The topological polar surface area (TPSA) is 63.7 Å². The van der Waals surface area contributed by atoms with Crippen LogP contribution in [-0.2, 0) is 19.6 Å². The zero-order valence-electron chi connectivity index (χ0n) is 10.8. The van der Waals surface area contributed by atoms with Crippen LogP contribution in [0.15, 0.2) is 28.7 Å². The summed E-state index contributed by atoms with van der Waals surface area (Å²) in [5.41, 5.74) is 0.443. The van der Waals surface area contributed by atoms with Gasteiger partial charge in [-0.2, -0.15) is 0 Å². The van der Waals surface area contributed by atoms with Crippen LogP contribution in [0.1, 0.15) is 13.8 Å². The fourth-order valence-corrected chi connectivity index (χ4v) is 2.76. The summed E-state index contributed by atoms with van der Waals surface area (Å²) in [6.45, 7) is 3.12. The van der Waals surface area contributed by atoms with Gasteiger partial charge in [0.2, 0.25) is 10.0 Å². The van der Waals surface area contributed by atoms with E-state index in [-0.39, 0.29) is 18.9 Å². The number of rotatable bonds is 6. The number of anilines is 1. The standard InChI is InChI=1S/C12H16BrNO4S/c1-3-18-12(15)9-14(19(16,17)4-2)11-7-5-10(13)6-8-11/h5-8H,3-4,9H2,1-2H3. The number of hydrogen-bond donors (Lipinski definition) is 0. The molecule has 0 N–H and O–H groups in total. The van der Waals surface area contributed by atoms with Crippen molar-refractivity contribution >= 4 is 37.6 Å². The Morgan fingerprint density at radius 3 is 2.32 bits per heavy atom. The number of hydrogen-bond acceptors (Lipinski definition) is 4. The fourth-order valence-electron chi connectivity index (χ4n) is 1.44. The monoisotopic (exact) mass is 349 g/mol. The normalized spacial score (nSPS) is 11.1. The summed E-state index contributed by atoms with van der Waals surface area (Å²) < 4.78 is 30.8. The van der Waals surface area contributed by atoms with E-state index in [2.05, 4.69) is 15.9 Å². The molecule has 0 bridgehead atoms. The maximum Gasteiger partial charge on any atom is 0.326 e. The van der Waals surface area contributed by atoms with Gasteiger partial charge in [-0.3, -0.25) is 9.10 Å². The molecule has 0 unspecified atom stereocenters. The van der Waals surface area contributed by atoms with Crippen molar-refractivity contribution in [3.05, 3.63) is 28.7 Å². The molecule has 0 atom stereocenters. The van der Waals surface area contributed by atoms with E-state index in [9.17, 15) is 13.2 Å². The zero-order chi connectivity index (χ0) is 14.5. The molecule has 0 saturated carbocycles. The van der Waals surface area contributed by atoms with E-state index in [0.29, 0.717) is 5.69 Å². The molecule has 0 amide bonds. The lowest BCUT2D eigenvalue weighted by molar-refractivity contribution is -0.141. The average Bonchev–Trinajstić information content (AvgIpc) is 2.37. The summed E-state index contributed by atoms with van der Waals surface area (Å²) >= 11 is 3.28. The second kappa shape index (κ2) is 6.91. The summed E-state index contributed by atoms with van der Waals surface area (Å²) in [5.74, 6) is -0.648. The molecule has 0 radical (unpaired) electrons. The second-order valence-electron chi connectivity index (χ2n) is 3.69. The van der Waals surface area contributed by atoms with E-state index in [1.807, 2.05) is 0 Å². The Labute approximate surface area is 121 Å². The molecule has 0 spiro atoms. The first-order chi connectivity index (χ1) is 8.90. The minimum Gasteiger partial charge on any atom is -0.465 e. The number of carbonyl (C=O) groups is 1. The van der Waals surface area contributed by atoms with Gasteiger partial charge in [0.1, 0.15) is 6.54 Å². The molecule has 7 heteroatoms. The number of esters is 1. The summed E-state index contributed by atoms with van der Waals surface area (Å²) in [7, 11) is -3.52. The van der Waals surface area contributed by atoms with Crippen LogP contribution in [0.2, 0.25) is 0 Å². The molecule has 0 fully saturated rings. The minimum absolute atomic E-state index is 0.0809. The van der Waals surface area contributed by atoms with Crippen molar-refractivity contribution in [2.75, 3.05) is 23.2 Å².